The summed E-state index contributed by atoms with van der Waals surface area (Å²) in [7, 11) is -2.20. The number of hydrogen-bond donors (Lipinski definition) is 1. The highest BCUT2D eigenvalue weighted by atomic mass is 35.5. The summed E-state index contributed by atoms with van der Waals surface area (Å²) in [5, 5.41) is 3.24. The van der Waals surface area contributed by atoms with Crippen LogP contribution in [-0.2, 0) is 14.8 Å². The van der Waals surface area contributed by atoms with Crippen molar-refractivity contribution in [2.24, 2.45) is 0 Å². The molecule has 0 bridgehead atoms. The predicted molar refractivity (Wildman–Crippen MR) is 112 cm³/mol. The van der Waals surface area contributed by atoms with Crippen molar-refractivity contribution < 1.29 is 17.9 Å². The molecule has 0 heterocycles. The average Bonchev–Trinajstić information content (AvgIpc) is 2.67. The van der Waals surface area contributed by atoms with Crippen LogP contribution in [0.3, 0.4) is 0 Å². The number of carbonyl (C=O) groups excluding carboxylic acids is 1. The second-order valence-electron chi connectivity index (χ2n) is 5.83. The van der Waals surface area contributed by atoms with Crippen LogP contribution in [0.25, 0.3) is 6.08 Å². The molecule has 0 aliphatic rings. The molecule has 0 aliphatic carbocycles. The molecule has 2 rings (SSSR count). The van der Waals surface area contributed by atoms with E-state index in [4.69, 9.17) is 16.3 Å². The van der Waals surface area contributed by atoms with Crippen LogP contribution < -0.4 is 10.1 Å². The van der Waals surface area contributed by atoms with Crippen LogP contribution in [0, 0.1) is 0 Å². The molecule has 0 spiro atoms. The highest BCUT2D eigenvalue weighted by molar-refractivity contribution is 7.89. The largest absolute Gasteiger partial charge is 0.495 e. The van der Waals surface area contributed by atoms with Gasteiger partial charge in [0.2, 0.25) is 15.9 Å². The van der Waals surface area contributed by atoms with Crippen LogP contribution >= 0.6 is 11.6 Å². The first-order valence-electron chi connectivity index (χ1n) is 8.74. The van der Waals surface area contributed by atoms with Gasteiger partial charge in [0.1, 0.15) is 5.75 Å². The molecule has 2 aromatic carbocycles. The quantitative estimate of drug-likeness (QED) is 0.651. The number of amides is 1. The normalized spacial score (nSPS) is 11.8. The molecule has 0 aromatic heterocycles. The maximum atomic E-state index is 12.7. The summed E-state index contributed by atoms with van der Waals surface area (Å²) in [5.41, 5.74) is 1.05. The minimum atomic E-state index is -3.65. The van der Waals surface area contributed by atoms with Crippen molar-refractivity contribution in [1.82, 2.24) is 4.31 Å². The first-order chi connectivity index (χ1) is 13.3. The van der Waals surface area contributed by atoms with Gasteiger partial charge in [-0.15, -0.1) is 0 Å². The summed E-state index contributed by atoms with van der Waals surface area (Å²) in [5.74, 6) is -0.0568. The van der Waals surface area contributed by atoms with Gasteiger partial charge in [-0.2, -0.15) is 4.31 Å². The van der Waals surface area contributed by atoms with Gasteiger partial charge in [0.25, 0.3) is 0 Å². The Balaban J connectivity index is 2.28. The number of nitrogens with zero attached hydrogens (tertiary/aromatic N) is 1. The summed E-state index contributed by atoms with van der Waals surface area (Å²) in [4.78, 5) is 12.4. The zero-order valence-corrected chi connectivity index (χ0v) is 17.5. The molecule has 0 saturated carbocycles. The lowest BCUT2D eigenvalue weighted by Crippen LogP contribution is -2.30. The van der Waals surface area contributed by atoms with Gasteiger partial charge in [0.05, 0.1) is 17.7 Å². The Morgan fingerprint density at radius 3 is 2.50 bits per heavy atom. The number of benzene rings is 2. The van der Waals surface area contributed by atoms with Crippen LogP contribution in [0.2, 0.25) is 5.02 Å². The van der Waals surface area contributed by atoms with Gasteiger partial charge in [0.15, 0.2) is 0 Å². The van der Waals surface area contributed by atoms with Gasteiger partial charge < -0.3 is 10.1 Å². The Bertz CT molecular complexity index is 970. The van der Waals surface area contributed by atoms with Gasteiger partial charge in [0, 0.05) is 24.2 Å². The van der Waals surface area contributed by atoms with Gasteiger partial charge in [-0.3, -0.25) is 4.79 Å². The summed E-state index contributed by atoms with van der Waals surface area (Å²) in [6, 6.07) is 11.4. The fourth-order valence-electron chi connectivity index (χ4n) is 2.61. The smallest absolute Gasteiger partial charge is 0.248 e. The number of ether oxygens (including phenoxy) is 1. The zero-order valence-electron chi connectivity index (χ0n) is 16.0. The topological polar surface area (TPSA) is 75.7 Å². The molecule has 150 valence electrons. The highest BCUT2D eigenvalue weighted by Gasteiger charge is 2.23. The van der Waals surface area contributed by atoms with Crippen molar-refractivity contribution in [3.8, 4) is 5.75 Å². The van der Waals surface area contributed by atoms with E-state index in [-0.39, 0.29) is 10.6 Å². The fourth-order valence-corrected chi connectivity index (χ4v) is 4.30. The summed E-state index contributed by atoms with van der Waals surface area (Å²) < 4.78 is 32.0. The van der Waals surface area contributed by atoms with E-state index < -0.39 is 15.9 Å². The van der Waals surface area contributed by atoms with E-state index in [2.05, 4.69) is 5.32 Å². The summed E-state index contributed by atoms with van der Waals surface area (Å²) >= 11 is 5.93. The first-order valence-corrected chi connectivity index (χ1v) is 10.6. The minimum Gasteiger partial charge on any atom is -0.495 e. The monoisotopic (exact) mass is 422 g/mol. The van der Waals surface area contributed by atoms with Gasteiger partial charge in [-0.1, -0.05) is 37.6 Å². The molecular formula is C20H23ClN2O4S. The summed E-state index contributed by atoms with van der Waals surface area (Å²) in [6.45, 7) is 4.26. The third-order valence-electron chi connectivity index (χ3n) is 4.05. The van der Waals surface area contributed by atoms with E-state index in [1.54, 1.807) is 38.1 Å². The van der Waals surface area contributed by atoms with Gasteiger partial charge in [-0.25, -0.2) is 8.42 Å². The Kier molecular flexibility index (Phi) is 7.62. The lowest BCUT2D eigenvalue weighted by molar-refractivity contribution is -0.111. The first kappa shape index (κ1) is 21.9. The van der Waals surface area contributed by atoms with Gasteiger partial charge in [-0.05, 0) is 42.0 Å². The minimum absolute atomic E-state index is 0.0890. The molecule has 0 unspecified atom stereocenters. The van der Waals surface area contributed by atoms with Crippen LogP contribution in [-0.4, -0.2) is 38.8 Å². The van der Waals surface area contributed by atoms with E-state index in [0.29, 0.717) is 23.9 Å². The Morgan fingerprint density at radius 2 is 1.89 bits per heavy atom. The third kappa shape index (κ3) is 5.34. The van der Waals surface area contributed by atoms with Gasteiger partial charge >= 0.3 is 0 Å². The Labute approximate surface area is 170 Å². The second-order valence-corrected chi connectivity index (χ2v) is 8.20. The molecule has 0 saturated heterocycles. The molecule has 28 heavy (non-hydrogen) atoms. The Morgan fingerprint density at radius 1 is 1.18 bits per heavy atom. The fraction of sp³-hybridized carbons (Fsp3) is 0.250. The molecule has 1 amide bonds. The summed E-state index contributed by atoms with van der Waals surface area (Å²) in [6.07, 6.45) is 2.96. The molecule has 2 aromatic rings. The van der Waals surface area contributed by atoms with E-state index in [1.807, 2.05) is 6.07 Å². The average molecular weight is 423 g/mol. The van der Waals surface area contributed by atoms with Crippen molar-refractivity contribution in [1.29, 1.82) is 0 Å². The molecule has 0 fully saturated rings. The maximum absolute atomic E-state index is 12.7. The van der Waals surface area contributed by atoms with Crippen LogP contribution in [0.1, 0.15) is 19.4 Å². The van der Waals surface area contributed by atoms with Crippen LogP contribution in [0.4, 0.5) is 5.69 Å². The van der Waals surface area contributed by atoms with E-state index in [0.717, 1.165) is 5.56 Å². The molecule has 0 aliphatic heterocycles. The van der Waals surface area contributed by atoms with Crippen LogP contribution in [0.5, 0.6) is 5.75 Å². The molecule has 0 radical (unpaired) electrons. The van der Waals surface area contributed by atoms with E-state index >= 15 is 0 Å². The number of methoxy groups -OCH3 is 1. The lowest BCUT2D eigenvalue weighted by atomic mass is 10.2. The SMILES string of the molecule is CCN(CC)S(=O)(=O)c1ccc(OC)c(NC(=O)C=Cc2cccc(Cl)c2)c1. The van der Waals surface area contributed by atoms with Crippen molar-refractivity contribution >= 4 is 39.3 Å². The number of nitrogens with one attached hydrogen (secondary N) is 1. The number of sulfonamides is 1. The Hall–Kier alpha value is -2.35. The predicted octanol–water partition coefficient (Wildman–Crippen LogP) is 4.03. The van der Waals surface area contributed by atoms with Crippen LogP contribution in [0.15, 0.2) is 53.4 Å². The molecular weight excluding hydrogens is 400 g/mol. The second kappa shape index (κ2) is 9.73. The molecule has 6 nitrogen and oxygen atoms in total. The van der Waals surface area contributed by atoms with Crippen molar-refractivity contribution in [2.45, 2.75) is 18.7 Å². The number of halogens is 1. The lowest BCUT2D eigenvalue weighted by Gasteiger charge is -2.19. The van der Waals surface area contributed by atoms with Crippen molar-refractivity contribution in [2.75, 3.05) is 25.5 Å². The standard InChI is InChI=1S/C20H23ClN2O4S/c1-4-23(5-2)28(25,26)17-10-11-19(27-3)18(14-17)22-20(24)12-9-15-7-6-8-16(21)13-15/h6-14H,4-5H2,1-3H3,(H,22,24). The molecule has 8 heteroatoms. The maximum Gasteiger partial charge on any atom is 0.248 e. The molecule has 0 atom stereocenters. The highest BCUT2D eigenvalue weighted by Crippen LogP contribution is 2.29. The number of carbonyl (C=O) groups is 1. The van der Waals surface area contributed by atoms with Crippen molar-refractivity contribution in [3.63, 3.8) is 0 Å². The third-order valence-corrected chi connectivity index (χ3v) is 6.33. The zero-order chi connectivity index (χ0) is 20.7. The molecule has 1 N–H and O–H groups in total. The number of rotatable bonds is 8. The van der Waals surface area contributed by atoms with E-state index in [9.17, 15) is 13.2 Å². The van der Waals surface area contributed by atoms with Crippen molar-refractivity contribution in [3.05, 3.63) is 59.1 Å². The number of anilines is 1. The van der Waals surface area contributed by atoms with E-state index in [1.165, 1.54) is 35.7 Å². The number of hydrogen-bond acceptors (Lipinski definition) is 4.